The number of rotatable bonds is 5. The van der Waals surface area contributed by atoms with Gasteiger partial charge in [0.2, 0.25) is 0 Å². The van der Waals surface area contributed by atoms with Crippen LogP contribution in [0.2, 0.25) is 0 Å². The van der Waals surface area contributed by atoms with Crippen LogP contribution >= 0.6 is 27.7 Å². The first-order chi connectivity index (χ1) is 6.77. The smallest absolute Gasteiger partial charge is 0.121 e. The number of methoxy groups -OCH3 is 1. The van der Waals surface area contributed by atoms with Gasteiger partial charge in [0, 0.05) is 22.8 Å². The first kappa shape index (κ1) is 11.7. The summed E-state index contributed by atoms with van der Waals surface area (Å²) < 4.78 is 6.22. The van der Waals surface area contributed by atoms with Crippen molar-refractivity contribution in [3.63, 3.8) is 0 Å². The Balaban J connectivity index is 2.64. The minimum Gasteiger partial charge on any atom is -0.497 e. The summed E-state index contributed by atoms with van der Waals surface area (Å²) in [5.74, 6) is 1.98. The van der Waals surface area contributed by atoms with Crippen LogP contribution < -0.4 is 10.1 Å². The summed E-state index contributed by atoms with van der Waals surface area (Å²) in [6.07, 6.45) is 2.10. The summed E-state index contributed by atoms with van der Waals surface area (Å²) in [4.78, 5) is 0. The molecular weight excluding hydrogens is 262 g/mol. The Morgan fingerprint density at radius 3 is 2.93 bits per heavy atom. The summed E-state index contributed by atoms with van der Waals surface area (Å²) in [6.45, 7) is 0.965. The highest BCUT2D eigenvalue weighted by Crippen LogP contribution is 2.26. The van der Waals surface area contributed by atoms with E-state index in [0.29, 0.717) is 0 Å². The van der Waals surface area contributed by atoms with Gasteiger partial charge in [-0.05, 0) is 34.3 Å². The lowest BCUT2D eigenvalue weighted by Gasteiger charge is -2.09. The molecule has 4 heteroatoms. The number of halogens is 1. The maximum atomic E-state index is 5.15. The van der Waals surface area contributed by atoms with Crippen molar-refractivity contribution in [1.29, 1.82) is 0 Å². The van der Waals surface area contributed by atoms with Gasteiger partial charge in [0.25, 0.3) is 0 Å². The summed E-state index contributed by atoms with van der Waals surface area (Å²) in [5.41, 5.74) is 1.08. The predicted molar refractivity (Wildman–Crippen MR) is 67.6 cm³/mol. The number of ether oxygens (including phenoxy) is 1. The monoisotopic (exact) mass is 275 g/mol. The molecule has 78 valence electrons. The van der Waals surface area contributed by atoms with Gasteiger partial charge in [-0.15, -0.1) is 0 Å². The highest BCUT2D eigenvalue weighted by Gasteiger charge is 2.00. The SMILES string of the molecule is COc1ccc(Br)c(NCCSC)c1. The molecule has 14 heavy (non-hydrogen) atoms. The highest BCUT2D eigenvalue weighted by molar-refractivity contribution is 9.10. The molecule has 0 saturated carbocycles. The van der Waals surface area contributed by atoms with Crippen LogP contribution in [0.3, 0.4) is 0 Å². The van der Waals surface area contributed by atoms with E-state index in [0.717, 1.165) is 28.2 Å². The fourth-order valence-corrected chi connectivity index (χ4v) is 1.75. The van der Waals surface area contributed by atoms with Gasteiger partial charge in [-0.25, -0.2) is 0 Å². The molecule has 0 radical (unpaired) electrons. The lowest BCUT2D eigenvalue weighted by atomic mass is 10.3. The van der Waals surface area contributed by atoms with Gasteiger partial charge in [0.1, 0.15) is 5.75 Å². The zero-order valence-corrected chi connectivity index (χ0v) is 10.7. The Morgan fingerprint density at radius 1 is 1.50 bits per heavy atom. The van der Waals surface area contributed by atoms with E-state index in [4.69, 9.17) is 4.74 Å². The first-order valence-corrected chi connectivity index (χ1v) is 6.53. The first-order valence-electron chi connectivity index (χ1n) is 4.34. The van der Waals surface area contributed by atoms with Crippen molar-refractivity contribution in [3.8, 4) is 5.75 Å². The third kappa shape index (κ3) is 3.42. The van der Waals surface area contributed by atoms with Crippen LogP contribution in [0, 0.1) is 0 Å². The lowest BCUT2D eigenvalue weighted by Crippen LogP contribution is -2.04. The second kappa shape index (κ2) is 6.19. The molecular formula is C10H14BrNOS. The van der Waals surface area contributed by atoms with E-state index in [9.17, 15) is 0 Å². The van der Waals surface area contributed by atoms with Crippen molar-refractivity contribution in [2.45, 2.75) is 0 Å². The van der Waals surface area contributed by atoms with Gasteiger partial charge in [0.05, 0.1) is 12.8 Å². The van der Waals surface area contributed by atoms with E-state index in [-0.39, 0.29) is 0 Å². The average molecular weight is 276 g/mol. The topological polar surface area (TPSA) is 21.3 Å². The van der Waals surface area contributed by atoms with Crippen molar-refractivity contribution in [2.24, 2.45) is 0 Å². The molecule has 0 amide bonds. The maximum Gasteiger partial charge on any atom is 0.121 e. The van der Waals surface area contributed by atoms with Crippen molar-refractivity contribution in [3.05, 3.63) is 22.7 Å². The molecule has 1 aromatic rings. The minimum atomic E-state index is 0.875. The zero-order valence-electron chi connectivity index (χ0n) is 8.34. The van der Waals surface area contributed by atoms with Crippen molar-refractivity contribution in [2.75, 3.05) is 31.0 Å². The van der Waals surface area contributed by atoms with Crippen LogP contribution in [0.1, 0.15) is 0 Å². The zero-order chi connectivity index (χ0) is 10.4. The molecule has 0 unspecified atom stereocenters. The summed E-state index contributed by atoms with van der Waals surface area (Å²) in [7, 11) is 1.68. The third-order valence-corrected chi connectivity index (χ3v) is 3.10. The van der Waals surface area contributed by atoms with Crippen LogP contribution in [-0.4, -0.2) is 25.7 Å². The molecule has 0 saturated heterocycles. The molecule has 0 aliphatic rings. The van der Waals surface area contributed by atoms with Crippen LogP contribution in [0.15, 0.2) is 22.7 Å². The predicted octanol–water partition coefficient (Wildman–Crippen LogP) is 3.23. The van der Waals surface area contributed by atoms with Crippen LogP contribution in [0.5, 0.6) is 5.75 Å². The minimum absolute atomic E-state index is 0.875. The van der Waals surface area contributed by atoms with E-state index >= 15 is 0 Å². The summed E-state index contributed by atoms with van der Waals surface area (Å²) in [5, 5.41) is 3.34. The molecule has 0 atom stereocenters. The van der Waals surface area contributed by atoms with Crippen LogP contribution in [0.4, 0.5) is 5.69 Å². The van der Waals surface area contributed by atoms with E-state index in [1.165, 1.54) is 0 Å². The summed E-state index contributed by atoms with van der Waals surface area (Å²) >= 11 is 5.31. The molecule has 0 heterocycles. The Bertz CT molecular complexity index is 293. The fourth-order valence-electron chi connectivity index (χ4n) is 1.05. The number of hydrogen-bond acceptors (Lipinski definition) is 3. The van der Waals surface area contributed by atoms with Gasteiger partial charge in [-0.3, -0.25) is 0 Å². The van der Waals surface area contributed by atoms with Crippen LogP contribution in [-0.2, 0) is 0 Å². The van der Waals surface area contributed by atoms with Crippen molar-refractivity contribution in [1.82, 2.24) is 0 Å². The second-order valence-corrected chi connectivity index (χ2v) is 4.61. The normalized spacial score (nSPS) is 9.93. The Labute approximate surface area is 97.5 Å². The third-order valence-electron chi connectivity index (χ3n) is 1.80. The largest absolute Gasteiger partial charge is 0.497 e. The number of benzene rings is 1. The number of nitrogens with one attached hydrogen (secondary N) is 1. The van der Waals surface area contributed by atoms with Gasteiger partial charge in [-0.1, -0.05) is 0 Å². The molecule has 1 aromatic carbocycles. The van der Waals surface area contributed by atoms with E-state index in [1.807, 2.05) is 30.0 Å². The van der Waals surface area contributed by atoms with Gasteiger partial charge in [-0.2, -0.15) is 11.8 Å². The molecule has 1 rings (SSSR count). The van der Waals surface area contributed by atoms with Gasteiger partial charge in [0.15, 0.2) is 0 Å². The van der Waals surface area contributed by atoms with E-state index < -0.39 is 0 Å². The Hall–Kier alpha value is -0.350. The Kier molecular flexibility index (Phi) is 5.19. The molecule has 0 spiro atoms. The van der Waals surface area contributed by atoms with Gasteiger partial charge >= 0.3 is 0 Å². The fraction of sp³-hybridized carbons (Fsp3) is 0.400. The highest BCUT2D eigenvalue weighted by atomic mass is 79.9. The van der Waals surface area contributed by atoms with E-state index in [2.05, 4.69) is 27.5 Å². The van der Waals surface area contributed by atoms with Crippen LogP contribution in [0.25, 0.3) is 0 Å². The Morgan fingerprint density at radius 2 is 2.29 bits per heavy atom. The quantitative estimate of drug-likeness (QED) is 0.834. The molecule has 2 nitrogen and oxygen atoms in total. The molecule has 0 aromatic heterocycles. The second-order valence-electron chi connectivity index (χ2n) is 2.77. The number of thioether (sulfide) groups is 1. The standard InChI is InChI=1S/C10H14BrNOS/c1-13-8-3-4-9(11)10(7-8)12-5-6-14-2/h3-4,7,12H,5-6H2,1-2H3. The van der Waals surface area contributed by atoms with E-state index in [1.54, 1.807) is 7.11 Å². The summed E-state index contributed by atoms with van der Waals surface area (Å²) in [6, 6.07) is 5.91. The molecule has 0 aliphatic heterocycles. The number of hydrogen-bond donors (Lipinski definition) is 1. The molecule has 0 bridgehead atoms. The van der Waals surface area contributed by atoms with Gasteiger partial charge < -0.3 is 10.1 Å². The molecule has 0 fully saturated rings. The van der Waals surface area contributed by atoms with Crippen molar-refractivity contribution >= 4 is 33.4 Å². The van der Waals surface area contributed by atoms with Crippen molar-refractivity contribution < 1.29 is 4.74 Å². The average Bonchev–Trinajstić information content (AvgIpc) is 2.21. The molecule has 1 N–H and O–H groups in total. The number of anilines is 1. The molecule has 0 aliphatic carbocycles. The maximum absolute atomic E-state index is 5.15. The lowest BCUT2D eigenvalue weighted by molar-refractivity contribution is 0.415.